The molecule has 0 aliphatic carbocycles. The summed E-state index contributed by atoms with van der Waals surface area (Å²) >= 11 is 0. The summed E-state index contributed by atoms with van der Waals surface area (Å²) in [6, 6.07) is 21.0. The first kappa shape index (κ1) is 18.4. The average Bonchev–Trinajstić information content (AvgIpc) is 2.71. The smallest absolute Gasteiger partial charge is 0.136 e. The van der Waals surface area contributed by atoms with Crippen molar-refractivity contribution < 1.29 is 0 Å². The molecule has 0 bridgehead atoms. The molecule has 28 heavy (non-hydrogen) atoms. The lowest BCUT2D eigenvalue weighted by Gasteiger charge is -2.35. The molecular weight excluding hydrogens is 346 g/mol. The SMILES string of the molecule is Cc1nc(Nc2ccccc2C)cc(N2CCN(Cc3ccccc3)CC2)n1. The Hall–Kier alpha value is -2.92. The zero-order chi connectivity index (χ0) is 19.3. The molecule has 4 rings (SSSR count). The molecule has 2 aromatic carbocycles. The number of piperazine rings is 1. The molecule has 144 valence electrons. The molecule has 1 aromatic heterocycles. The molecule has 0 atom stereocenters. The normalized spacial score (nSPS) is 14.9. The van der Waals surface area contributed by atoms with Gasteiger partial charge in [0.1, 0.15) is 17.5 Å². The Bertz CT molecular complexity index is 917. The van der Waals surface area contributed by atoms with Gasteiger partial charge in [-0.2, -0.15) is 0 Å². The van der Waals surface area contributed by atoms with Gasteiger partial charge in [0.15, 0.2) is 0 Å². The van der Waals surface area contributed by atoms with Crippen molar-refractivity contribution in [3.63, 3.8) is 0 Å². The van der Waals surface area contributed by atoms with Gasteiger partial charge in [0, 0.05) is 44.5 Å². The molecule has 5 heteroatoms. The van der Waals surface area contributed by atoms with Crippen LogP contribution in [0.1, 0.15) is 17.0 Å². The van der Waals surface area contributed by atoms with Gasteiger partial charge in [-0.3, -0.25) is 4.90 Å². The van der Waals surface area contributed by atoms with Crippen molar-refractivity contribution in [2.45, 2.75) is 20.4 Å². The highest BCUT2D eigenvalue weighted by Crippen LogP contribution is 2.23. The van der Waals surface area contributed by atoms with Crippen LogP contribution in [-0.2, 0) is 6.54 Å². The van der Waals surface area contributed by atoms with Crippen LogP contribution < -0.4 is 10.2 Å². The Kier molecular flexibility index (Phi) is 5.53. The quantitative estimate of drug-likeness (QED) is 0.727. The molecule has 0 saturated carbocycles. The molecule has 3 aromatic rings. The summed E-state index contributed by atoms with van der Waals surface area (Å²) in [6.07, 6.45) is 0. The van der Waals surface area contributed by atoms with Gasteiger partial charge in [0.25, 0.3) is 0 Å². The van der Waals surface area contributed by atoms with E-state index in [1.165, 1.54) is 11.1 Å². The van der Waals surface area contributed by atoms with E-state index in [0.717, 1.165) is 55.9 Å². The van der Waals surface area contributed by atoms with E-state index in [1.807, 2.05) is 19.1 Å². The lowest BCUT2D eigenvalue weighted by atomic mass is 10.2. The van der Waals surface area contributed by atoms with Crippen LogP contribution in [0, 0.1) is 13.8 Å². The van der Waals surface area contributed by atoms with Gasteiger partial charge in [-0.15, -0.1) is 0 Å². The number of hydrogen-bond donors (Lipinski definition) is 1. The van der Waals surface area contributed by atoms with E-state index in [2.05, 4.69) is 80.5 Å². The maximum atomic E-state index is 4.69. The van der Waals surface area contributed by atoms with Gasteiger partial charge < -0.3 is 10.2 Å². The number of aryl methyl sites for hydroxylation is 2. The van der Waals surface area contributed by atoms with Gasteiger partial charge in [0.05, 0.1) is 0 Å². The predicted octanol–water partition coefficient (Wildman–Crippen LogP) is 4.16. The number of hydrogen-bond acceptors (Lipinski definition) is 5. The molecule has 0 spiro atoms. The highest BCUT2D eigenvalue weighted by atomic mass is 15.3. The zero-order valence-electron chi connectivity index (χ0n) is 16.6. The summed E-state index contributed by atoms with van der Waals surface area (Å²) in [6.45, 7) is 9.11. The Morgan fingerprint density at radius 1 is 0.857 bits per heavy atom. The fourth-order valence-corrected chi connectivity index (χ4v) is 3.61. The zero-order valence-corrected chi connectivity index (χ0v) is 16.6. The van der Waals surface area contributed by atoms with E-state index >= 15 is 0 Å². The van der Waals surface area contributed by atoms with Crippen LogP contribution in [0.25, 0.3) is 0 Å². The molecule has 0 radical (unpaired) electrons. The second-order valence-electron chi connectivity index (χ2n) is 7.35. The van der Waals surface area contributed by atoms with Crippen molar-refractivity contribution in [1.29, 1.82) is 0 Å². The van der Waals surface area contributed by atoms with Crippen molar-refractivity contribution in [2.24, 2.45) is 0 Å². The fraction of sp³-hybridized carbons (Fsp3) is 0.304. The molecule has 2 heterocycles. The average molecular weight is 374 g/mol. The fourth-order valence-electron chi connectivity index (χ4n) is 3.61. The lowest BCUT2D eigenvalue weighted by molar-refractivity contribution is 0.249. The monoisotopic (exact) mass is 373 g/mol. The molecule has 1 saturated heterocycles. The van der Waals surface area contributed by atoms with Gasteiger partial charge >= 0.3 is 0 Å². The predicted molar refractivity (Wildman–Crippen MR) is 115 cm³/mol. The van der Waals surface area contributed by atoms with Crippen molar-refractivity contribution in [3.8, 4) is 0 Å². The first-order valence-corrected chi connectivity index (χ1v) is 9.87. The van der Waals surface area contributed by atoms with E-state index in [9.17, 15) is 0 Å². The Morgan fingerprint density at radius 2 is 1.57 bits per heavy atom. The molecule has 1 N–H and O–H groups in total. The van der Waals surface area contributed by atoms with Crippen molar-refractivity contribution in [2.75, 3.05) is 36.4 Å². The van der Waals surface area contributed by atoms with E-state index in [-0.39, 0.29) is 0 Å². The van der Waals surface area contributed by atoms with Gasteiger partial charge in [-0.1, -0.05) is 48.5 Å². The van der Waals surface area contributed by atoms with Crippen LogP contribution in [0.4, 0.5) is 17.3 Å². The van der Waals surface area contributed by atoms with Crippen LogP contribution in [0.15, 0.2) is 60.7 Å². The third-order valence-electron chi connectivity index (χ3n) is 5.18. The van der Waals surface area contributed by atoms with Crippen molar-refractivity contribution >= 4 is 17.3 Å². The first-order valence-electron chi connectivity index (χ1n) is 9.87. The van der Waals surface area contributed by atoms with Gasteiger partial charge in [0.2, 0.25) is 0 Å². The largest absolute Gasteiger partial charge is 0.354 e. The van der Waals surface area contributed by atoms with Crippen LogP contribution in [0.3, 0.4) is 0 Å². The maximum Gasteiger partial charge on any atom is 0.136 e. The first-order chi connectivity index (χ1) is 13.7. The topological polar surface area (TPSA) is 44.3 Å². The van der Waals surface area contributed by atoms with Crippen LogP contribution in [-0.4, -0.2) is 41.0 Å². The summed E-state index contributed by atoms with van der Waals surface area (Å²) in [7, 11) is 0. The number of para-hydroxylation sites is 1. The summed E-state index contributed by atoms with van der Waals surface area (Å²) < 4.78 is 0. The van der Waals surface area contributed by atoms with Crippen LogP contribution in [0.2, 0.25) is 0 Å². The van der Waals surface area contributed by atoms with Gasteiger partial charge in [-0.25, -0.2) is 9.97 Å². The van der Waals surface area contributed by atoms with Crippen molar-refractivity contribution in [3.05, 3.63) is 77.6 Å². The van der Waals surface area contributed by atoms with E-state index in [1.54, 1.807) is 0 Å². The molecule has 0 amide bonds. The van der Waals surface area contributed by atoms with Crippen LogP contribution >= 0.6 is 0 Å². The second-order valence-corrected chi connectivity index (χ2v) is 7.35. The van der Waals surface area contributed by atoms with Crippen molar-refractivity contribution in [1.82, 2.24) is 14.9 Å². The van der Waals surface area contributed by atoms with E-state index < -0.39 is 0 Å². The molecule has 5 nitrogen and oxygen atoms in total. The highest BCUT2D eigenvalue weighted by molar-refractivity contribution is 5.62. The number of nitrogens with one attached hydrogen (secondary N) is 1. The maximum absolute atomic E-state index is 4.69. The number of anilines is 3. The summed E-state index contributed by atoms with van der Waals surface area (Å²) in [4.78, 5) is 14.1. The standard InChI is InChI=1S/C23H27N5/c1-18-8-6-7-11-21(18)26-22-16-23(25-19(2)24-22)28-14-12-27(13-15-28)17-20-9-4-3-5-10-20/h3-11,16H,12-15,17H2,1-2H3,(H,24,25,26). The third-order valence-corrected chi connectivity index (χ3v) is 5.18. The molecular formula is C23H27N5. The minimum Gasteiger partial charge on any atom is -0.354 e. The molecule has 0 unspecified atom stereocenters. The number of benzene rings is 2. The number of nitrogens with zero attached hydrogens (tertiary/aromatic N) is 4. The minimum atomic E-state index is 0.792. The second kappa shape index (κ2) is 8.40. The highest BCUT2D eigenvalue weighted by Gasteiger charge is 2.19. The molecule has 1 fully saturated rings. The van der Waals surface area contributed by atoms with E-state index in [4.69, 9.17) is 0 Å². The van der Waals surface area contributed by atoms with Crippen LogP contribution in [0.5, 0.6) is 0 Å². The minimum absolute atomic E-state index is 0.792. The number of aromatic nitrogens is 2. The molecule has 1 aliphatic heterocycles. The third kappa shape index (κ3) is 4.49. The molecule has 1 aliphatic rings. The lowest BCUT2D eigenvalue weighted by Crippen LogP contribution is -2.46. The van der Waals surface area contributed by atoms with Gasteiger partial charge in [-0.05, 0) is 31.0 Å². The summed E-state index contributed by atoms with van der Waals surface area (Å²) in [5, 5.41) is 3.45. The Labute approximate surface area is 167 Å². The summed E-state index contributed by atoms with van der Waals surface area (Å²) in [5.41, 5.74) is 3.66. The van der Waals surface area contributed by atoms with E-state index in [0.29, 0.717) is 0 Å². The Balaban J connectivity index is 1.42. The number of rotatable bonds is 5. The summed E-state index contributed by atoms with van der Waals surface area (Å²) in [5.74, 6) is 2.65. The Morgan fingerprint density at radius 3 is 2.32 bits per heavy atom.